The molecule has 2 N–H and O–H groups in total. The Labute approximate surface area is 124 Å². The maximum atomic E-state index is 13.3. The zero-order valence-corrected chi connectivity index (χ0v) is 12.3. The van der Waals surface area contributed by atoms with Crippen molar-refractivity contribution in [2.45, 2.75) is 17.3 Å². The first kappa shape index (κ1) is 15.0. The third kappa shape index (κ3) is 3.59. The van der Waals surface area contributed by atoms with Crippen LogP contribution in [0.2, 0.25) is 5.15 Å². The smallest absolute Gasteiger partial charge is 0.210 e. The van der Waals surface area contributed by atoms with Gasteiger partial charge in [-0.3, -0.25) is 0 Å². The Kier molecular flexibility index (Phi) is 5.16. The fourth-order valence-electron chi connectivity index (χ4n) is 1.46. The number of nitrogens with zero attached hydrogens (tertiary/aromatic N) is 4. The van der Waals surface area contributed by atoms with Crippen LogP contribution in [-0.4, -0.2) is 33.6 Å². The molecular weight excluding hydrogens is 305 g/mol. The van der Waals surface area contributed by atoms with Crippen molar-refractivity contribution in [3.63, 3.8) is 0 Å². The fourth-order valence-corrected chi connectivity index (χ4v) is 2.36. The van der Waals surface area contributed by atoms with E-state index < -0.39 is 5.82 Å². The maximum absolute atomic E-state index is 13.3. The number of thioether (sulfide) groups is 1. The molecule has 9 heteroatoms. The zero-order valence-electron chi connectivity index (χ0n) is 10.7. The summed E-state index contributed by atoms with van der Waals surface area (Å²) in [7, 11) is 1.61. The van der Waals surface area contributed by atoms with Gasteiger partial charge in [0.25, 0.3) is 0 Å². The number of methoxy groups -OCH3 is 1. The molecule has 0 aliphatic rings. The van der Waals surface area contributed by atoms with E-state index in [1.807, 2.05) is 0 Å². The zero-order chi connectivity index (χ0) is 14.5. The molecule has 6 nitrogen and oxygen atoms in total. The van der Waals surface area contributed by atoms with E-state index in [-0.39, 0.29) is 5.15 Å². The first-order valence-electron chi connectivity index (χ1n) is 5.73. The van der Waals surface area contributed by atoms with Crippen molar-refractivity contribution in [3.05, 3.63) is 34.6 Å². The summed E-state index contributed by atoms with van der Waals surface area (Å²) < 4.78 is 19.6. The summed E-state index contributed by atoms with van der Waals surface area (Å²) in [6.07, 6.45) is 2.10. The number of halogens is 2. The molecular formula is C11H13ClFN5OS. The SMILES string of the molecule is COCCc1nnc(SCc2cnc(Cl)c(F)c2)n1N. The minimum absolute atomic E-state index is 0.136. The van der Waals surface area contributed by atoms with Crippen molar-refractivity contribution in [1.82, 2.24) is 19.9 Å². The predicted octanol–water partition coefficient (Wildman–Crippen LogP) is 1.66. The summed E-state index contributed by atoms with van der Waals surface area (Å²) >= 11 is 6.87. The molecule has 0 fully saturated rings. The Morgan fingerprint density at radius 3 is 3.00 bits per heavy atom. The normalized spacial score (nSPS) is 10.9. The molecule has 0 amide bonds. The first-order chi connectivity index (χ1) is 9.61. The minimum Gasteiger partial charge on any atom is -0.384 e. The maximum Gasteiger partial charge on any atom is 0.210 e. The minimum atomic E-state index is -0.542. The van der Waals surface area contributed by atoms with Crippen LogP contribution in [0.15, 0.2) is 17.4 Å². The summed E-state index contributed by atoms with van der Waals surface area (Å²) in [5.74, 6) is 6.43. The molecule has 20 heavy (non-hydrogen) atoms. The number of aromatic nitrogens is 4. The summed E-state index contributed by atoms with van der Waals surface area (Å²) in [4.78, 5) is 3.75. The summed E-state index contributed by atoms with van der Waals surface area (Å²) in [5.41, 5.74) is 0.693. The van der Waals surface area contributed by atoms with Crippen molar-refractivity contribution >= 4 is 23.4 Å². The van der Waals surface area contributed by atoms with Crippen LogP contribution in [0.4, 0.5) is 4.39 Å². The lowest BCUT2D eigenvalue weighted by molar-refractivity contribution is 0.200. The topological polar surface area (TPSA) is 78.9 Å². The Balaban J connectivity index is 2.00. The van der Waals surface area contributed by atoms with Crippen LogP contribution in [0.5, 0.6) is 0 Å². The first-order valence-corrected chi connectivity index (χ1v) is 7.09. The van der Waals surface area contributed by atoms with E-state index in [0.29, 0.717) is 35.3 Å². The summed E-state index contributed by atoms with van der Waals surface area (Å²) in [5, 5.41) is 8.36. The van der Waals surface area contributed by atoms with Gasteiger partial charge >= 0.3 is 0 Å². The molecule has 2 rings (SSSR count). The molecule has 0 bridgehead atoms. The molecule has 0 unspecified atom stereocenters. The lowest BCUT2D eigenvalue weighted by Crippen LogP contribution is -2.15. The molecule has 0 atom stereocenters. The standard InChI is InChI=1S/C11H13ClFN5OS/c1-19-3-2-9-16-17-11(18(9)14)20-6-7-4-8(13)10(12)15-5-7/h4-5H,2-3,6,14H2,1H3. The van der Waals surface area contributed by atoms with Gasteiger partial charge in [-0.2, -0.15) is 0 Å². The van der Waals surface area contributed by atoms with Crippen molar-refractivity contribution in [2.24, 2.45) is 0 Å². The van der Waals surface area contributed by atoms with E-state index >= 15 is 0 Å². The number of pyridine rings is 1. The second kappa shape index (κ2) is 6.87. The van der Waals surface area contributed by atoms with Crippen LogP contribution in [0.3, 0.4) is 0 Å². The van der Waals surface area contributed by atoms with E-state index in [4.69, 9.17) is 22.2 Å². The fraction of sp³-hybridized carbons (Fsp3) is 0.364. The van der Waals surface area contributed by atoms with Crippen molar-refractivity contribution in [1.29, 1.82) is 0 Å². The second-order valence-corrected chi connectivity index (χ2v) is 5.22. The molecule has 0 spiro atoms. The second-order valence-electron chi connectivity index (χ2n) is 3.92. The molecule has 0 aromatic carbocycles. The highest BCUT2D eigenvalue weighted by atomic mass is 35.5. The predicted molar refractivity (Wildman–Crippen MR) is 74.5 cm³/mol. The molecule has 0 saturated heterocycles. The number of hydrogen-bond acceptors (Lipinski definition) is 6. The van der Waals surface area contributed by atoms with Crippen LogP contribution in [0, 0.1) is 5.82 Å². The Morgan fingerprint density at radius 1 is 1.50 bits per heavy atom. The highest BCUT2D eigenvalue weighted by Gasteiger charge is 2.11. The summed E-state index contributed by atoms with van der Waals surface area (Å²) in [6.45, 7) is 0.520. The van der Waals surface area contributed by atoms with Crippen molar-refractivity contribution in [2.75, 3.05) is 19.6 Å². The van der Waals surface area contributed by atoms with Gasteiger partial charge in [0, 0.05) is 25.5 Å². The largest absolute Gasteiger partial charge is 0.384 e. The van der Waals surface area contributed by atoms with Gasteiger partial charge < -0.3 is 10.6 Å². The lowest BCUT2D eigenvalue weighted by atomic mass is 10.3. The van der Waals surface area contributed by atoms with E-state index in [2.05, 4.69) is 15.2 Å². The Hall–Kier alpha value is -1.38. The molecule has 2 aromatic rings. The highest BCUT2D eigenvalue weighted by molar-refractivity contribution is 7.98. The van der Waals surface area contributed by atoms with Gasteiger partial charge in [0.15, 0.2) is 16.8 Å². The van der Waals surface area contributed by atoms with Gasteiger partial charge in [0.05, 0.1) is 6.61 Å². The Bertz CT molecular complexity index is 594. The number of hydrogen-bond donors (Lipinski definition) is 1. The number of nitrogen functional groups attached to an aromatic ring is 1. The lowest BCUT2D eigenvalue weighted by Gasteiger charge is -2.04. The third-order valence-corrected chi connectivity index (χ3v) is 3.78. The van der Waals surface area contributed by atoms with Crippen molar-refractivity contribution < 1.29 is 9.13 Å². The van der Waals surface area contributed by atoms with Crippen LogP contribution in [-0.2, 0) is 16.9 Å². The van der Waals surface area contributed by atoms with Gasteiger partial charge in [0.2, 0.25) is 5.16 Å². The van der Waals surface area contributed by atoms with E-state index in [0.717, 1.165) is 0 Å². The van der Waals surface area contributed by atoms with Gasteiger partial charge in [-0.05, 0) is 11.6 Å². The van der Waals surface area contributed by atoms with Crippen LogP contribution in [0.25, 0.3) is 0 Å². The average molecular weight is 318 g/mol. The Morgan fingerprint density at radius 2 is 2.30 bits per heavy atom. The van der Waals surface area contributed by atoms with Gasteiger partial charge in [-0.25, -0.2) is 14.1 Å². The van der Waals surface area contributed by atoms with Crippen LogP contribution >= 0.6 is 23.4 Å². The quantitative estimate of drug-likeness (QED) is 0.496. The van der Waals surface area contributed by atoms with E-state index in [1.54, 1.807) is 7.11 Å². The number of nitrogens with two attached hydrogens (primary N) is 1. The van der Waals surface area contributed by atoms with Gasteiger partial charge in [-0.1, -0.05) is 23.4 Å². The molecule has 0 radical (unpaired) electrons. The molecule has 0 aliphatic heterocycles. The highest BCUT2D eigenvalue weighted by Crippen LogP contribution is 2.22. The van der Waals surface area contributed by atoms with Crippen LogP contribution < -0.4 is 5.84 Å². The molecule has 108 valence electrons. The molecule has 0 saturated carbocycles. The van der Waals surface area contributed by atoms with Gasteiger partial charge in [-0.15, -0.1) is 10.2 Å². The number of rotatable bonds is 6. The van der Waals surface area contributed by atoms with E-state index in [1.165, 1.54) is 28.7 Å². The van der Waals surface area contributed by atoms with Crippen LogP contribution in [0.1, 0.15) is 11.4 Å². The number of ether oxygens (including phenoxy) is 1. The molecule has 2 aromatic heterocycles. The molecule has 0 aliphatic carbocycles. The van der Waals surface area contributed by atoms with Gasteiger partial charge in [0.1, 0.15) is 0 Å². The monoisotopic (exact) mass is 317 g/mol. The summed E-state index contributed by atoms with van der Waals surface area (Å²) in [6, 6.07) is 1.34. The average Bonchev–Trinajstić information content (AvgIpc) is 2.79. The molecule has 2 heterocycles. The van der Waals surface area contributed by atoms with E-state index in [9.17, 15) is 4.39 Å². The third-order valence-electron chi connectivity index (χ3n) is 2.49. The van der Waals surface area contributed by atoms with Crippen molar-refractivity contribution in [3.8, 4) is 0 Å².